The van der Waals surface area contributed by atoms with Crippen LogP contribution in [0.4, 0.5) is 0 Å². The van der Waals surface area contributed by atoms with Gasteiger partial charge < -0.3 is 14.6 Å². The molecule has 0 aliphatic rings. The van der Waals surface area contributed by atoms with Gasteiger partial charge in [-0.1, -0.05) is 0 Å². The second-order valence-corrected chi connectivity index (χ2v) is 3.54. The summed E-state index contributed by atoms with van der Waals surface area (Å²) in [4.78, 5) is 10.6. The molecule has 0 bridgehead atoms. The van der Waals surface area contributed by atoms with Gasteiger partial charge in [0.25, 0.3) is 0 Å². The molecule has 0 amide bonds. The third kappa shape index (κ3) is 3.90. The number of aromatic carboxylic acids is 1. The number of benzene rings is 1. The first kappa shape index (κ1) is 12.5. The zero-order valence-electron chi connectivity index (χ0n) is 9.47. The molecule has 1 atom stereocenters. The van der Waals surface area contributed by atoms with Crippen molar-refractivity contribution in [2.45, 2.75) is 19.4 Å². The fourth-order valence-corrected chi connectivity index (χ4v) is 1.25. The lowest BCUT2D eigenvalue weighted by atomic mass is 10.2. The number of carboxylic acid groups (broad SMARTS) is 1. The molecule has 1 aromatic rings. The molecule has 1 aromatic carbocycles. The van der Waals surface area contributed by atoms with E-state index in [1.807, 2.05) is 6.92 Å². The smallest absolute Gasteiger partial charge is 0.335 e. The lowest BCUT2D eigenvalue weighted by molar-refractivity contribution is 0.0697. The van der Waals surface area contributed by atoms with Crippen molar-refractivity contribution in [2.75, 3.05) is 13.7 Å². The summed E-state index contributed by atoms with van der Waals surface area (Å²) in [5, 5.41) is 8.72. The zero-order valence-corrected chi connectivity index (χ0v) is 9.47. The van der Waals surface area contributed by atoms with Gasteiger partial charge in [-0.15, -0.1) is 0 Å². The Labute approximate surface area is 94.8 Å². The van der Waals surface area contributed by atoms with Gasteiger partial charge in [-0.25, -0.2) is 4.79 Å². The lowest BCUT2D eigenvalue weighted by Gasteiger charge is -2.14. The van der Waals surface area contributed by atoms with Gasteiger partial charge in [-0.2, -0.15) is 0 Å². The third-order valence-electron chi connectivity index (χ3n) is 2.17. The number of carboxylic acids is 1. The highest BCUT2D eigenvalue weighted by Gasteiger charge is 2.05. The summed E-state index contributed by atoms with van der Waals surface area (Å²) in [5.74, 6) is -0.257. The Morgan fingerprint density at radius 2 is 2.00 bits per heavy atom. The van der Waals surface area contributed by atoms with Crippen LogP contribution in [0.25, 0.3) is 0 Å². The van der Waals surface area contributed by atoms with E-state index in [2.05, 4.69) is 0 Å². The van der Waals surface area contributed by atoms with E-state index in [9.17, 15) is 4.79 Å². The quantitative estimate of drug-likeness (QED) is 0.804. The van der Waals surface area contributed by atoms with Crippen molar-refractivity contribution < 1.29 is 19.4 Å². The Hall–Kier alpha value is -1.55. The highest BCUT2D eigenvalue weighted by Crippen LogP contribution is 2.14. The summed E-state index contributed by atoms with van der Waals surface area (Å²) in [7, 11) is 1.65. The van der Waals surface area contributed by atoms with Crippen LogP contribution in [-0.4, -0.2) is 30.9 Å². The van der Waals surface area contributed by atoms with Crippen LogP contribution in [0, 0.1) is 0 Å². The number of carbonyl (C=O) groups is 1. The first-order chi connectivity index (χ1) is 7.63. The molecule has 0 saturated heterocycles. The maximum Gasteiger partial charge on any atom is 0.335 e. The molecule has 1 N–H and O–H groups in total. The van der Waals surface area contributed by atoms with Crippen molar-refractivity contribution in [3.05, 3.63) is 29.8 Å². The molecule has 0 fully saturated rings. The second kappa shape index (κ2) is 6.12. The molecule has 4 heteroatoms. The average Bonchev–Trinajstić information content (AvgIpc) is 2.27. The van der Waals surface area contributed by atoms with Crippen LogP contribution < -0.4 is 4.74 Å². The maximum atomic E-state index is 10.6. The number of ether oxygens (including phenoxy) is 2. The fraction of sp³-hybridized carbons (Fsp3) is 0.417. The summed E-state index contributed by atoms with van der Waals surface area (Å²) in [6.45, 7) is 2.60. The van der Waals surface area contributed by atoms with Crippen LogP contribution in [-0.2, 0) is 4.74 Å². The lowest BCUT2D eigenvalue weighted by Crippen LogP contribution is -2.14. The van der Waals surface area contributed by atoms with Gasteiger partial charge in [0.2, 0.25) is 0 Å². The van der Waals surface area contributed by atoms with E-state index in [-0.39, 0.29) is 11.7 Å². The van der Waals surface area contributed by atoms with Crippen molar-refractivity contribution in [1.29, 1.82) is 0 Å². The van der Waals surface area contributed by atoms with Crippen LogP contribution in [0.1, 0.15) is 23.7 Å². The molecule has 4 nitrogen and oxygen atoms in total. The first-order valence-corrected chi connectivity index (χ1v) is 5.12. The molecule has 0 heterocycles. The van der Waals surface area contributed by atoms with Crippen LogP contribution in [0.15, 0.2) is 24.3 Å². The van der Waals surface area contributed by atoms with Crippen molar-refractivity contribution in [2.24, 2.45) is 0 Å². The highest BCUT2D eigenvalue weighted by atomic mass is 16.5. The van der Waals surface area contributed by atoms with E-state index in [0.717, 1.165) is 6.42 Å². The fourth-order valence-electron chi connectivity index (χ4n) is 1.25. The summed E-state index contributed by atoms with van der Waals surface area (Å²) < 4.78 is 10.5. The molecular weight excluding hydrogens is 208 g/mol. The Morgan fingerprint density at radius 1 is 1.38 bits per heavy atom. The topological polar surface area (TPSA) is 55.8 Å². The normalized spacial score (nSPS) is 12.1. The van der Waals surface area contributed by atoms with Crippen LogP contribution >= 0.6 is 0 Å². The summed E-state index contributed by atoms with van der Waals surface area (Å²) in [5.41, 5.74) is 0.261. The van der Waals surface area contributed by atoms with Crippen molar-refractivity contribution >= 4 is 5.97 Å². The van der Waals surface area contributed by atoms with Crippen LogP contribution in [0.3, 0.4) is 0 Å². The first-order valence-electron chi connectivity index (χ1n) is 5.12. The number of hydrogen-bond donors (Lipinski definition) is 1. The Kier molecular flexibility index (Phi) is 4.79. The predicted octanol–water partition coefficient (Wildman–Crippen LogP) is 2.19. The SMILES string of the molecule is COCCC(C)Oc1ccc(C(=O)O)cc1. The van der Waals surface area contributed by atoms with Crippen LogP contribution in [0.5, 0.6) is 5.75 Å². The third-order valence-corrected chi connectivity index (χ3v) is 2.17. The Balaban J connectivity index is 2.51. The van der Waals surface area contributed by atoms with Crippen molar-refractivity contribution in [3.8, 4) is 5.75 Å². The van der Waals surface area contributed by atoms with Gasteiger partial charge in [-0.3, -0.25) is 0 Å². The van der Waals surface area contributed by atoms with Gasteiger partial charge in [0, 0.05) is 20.1 Å². The Bertz CT molecular complexity index is 331. The van der Waals surface area contributed by atoms with Gasteiger partial charge in [0.15, 0.2) is 0 Å². The molecule has 0 aromatic heterocycles. The summed E-state index contributed by atoms with van der Waals surface area (Å²) in [6.07, 6.45) is 0.854. The van der Waals surface area contributed by atoms with E-state index < -0.39 is 5.97 Å². The molecule has 1 rings (SSSR count). The van der Waals surface area contributed by atoms with E-state index in [1.165, 1.54) is 12.1 Å². The van der Waals surface area contributed by atoms with Gasteiger partial charge in [-0.05, 0) is 31.2 Å². The van der Waals surface area contributed by atoms with Gasteiger partial charge in [0.05, 0.1) is 11.7 Å². The van der Waals surface area contributed by atoms with E-state index >= 15 is 0 Å². The van der Waals surface area contributed by atoms with Crippen molar-refractivity contribution in [3.63, 3.8) is 0 Å². The average molecular weight is 224 g/mol. The minimum absolute atomic E-state index is 0.0515. The molecule has 0 spiro atoms. The second-order valence-electron chi connectivity index (χ2n) is 3.54. The Morgan fingerprint density at radius 3 is 2.50 bits per heavy atom. The molecule has 16 heavy (non-hydrogen) atoms. The van der Waals surface area contributed by atoms with E-state index in [0.29, 0.717) is 12.4 Å². The van der Waals surface area contributed by atoms with Crippen molar-refractivity contribution in [1.82, 2.24) is 0 Å². The van der Waals surface area contributed by atoms with Crippen LogP contribution in [0.2, 0.25) is 0 Å². The minimum atomic E-state index is -0.931. The molecule has 0 saturated carbocycles. The number of methoxy groups -OCH3 is 1. The monoisotopic (exact) mass is 224 g/mol. The van der Waals surface area contributed by atoms with E-state index in [4.69, 9.17) is 14.6 Å². The molecule has 1 unspecified atom stereocenters. The predicted molar refractivity (Wildman–Crippen MR) is 60.0 cm³/mol. The maximum absolute atomic E-state index is 10.6. The molecule has 0 aliphatic carbocycles. The van der Waals surface area contributed by atoms with E-state index in [1.54, 1.807) is 19.2 Å². The number of hydrogen-bond acceptors (Lipinski definition) is 3. The molecular formula is C12H16O4. The minimum Gasteiger partial charge on any atom is -0.491 e. The van der Waals surface area contributed by atoms with Gasteiger partial charge >= 0.3 is 5.97 Å². The molecule has 0 radical (unpaired) electrons. The number of rotatable bonds is 6. The summed E-state index contributed by atoms with van der Waals surface area (Å²) in [6, 6.07) is 6.38. The zero-order chi connectivity index (χ0) is 12.0. The largest absolute Gasteiger partial charge is 0.491 e. The van der Waals surface area contributed by atoms with Gasteiger partial charge in [0.1, 0.15) is 5.75 Å². The standard InChI is InChI=1S/C12H16O4/c1-9(7-8-15-2)16-11-5-3-10(4-6-11)12(13)14/h3-6,9H,7-8H2,1-2H3,(H,13,14). The molecule has 88 valence electrons. The highest BCUT2D eigenvalue weighted by molar-refractivity contribution is 5.87. The summed E-state index contributed by atoms with van der Waals surface area (Å²) >= 11 is 0. The molecule has 0 aliphatic heterocycles.